The highest BCUT2D eigenvalue weighted by atomic mass is 19.4. The van der Waals surface area contributed by atoms with E-state index in [4.69, 9.17) is 0 Å². The van der Waals surface area contributed by atoms with Gasteiger partial charge in [-0.2, -0.15) is 13.2 Å². The molecule has 0 saturated carbocycles. The van der Waals surface area contributed by atoms with Crippen LogP contribution in [0.25, 0.3) is 0 Å². The summed E-state index contributed by atoms with van der Waals surface area (Å²) < 4.78 is 37.9. The highest BCUT2D eigenvalue weighted by molar-refractivity contribution is 5.79. The molecule has 0 aliphatic carbocycles. The van der Waals surface area contributed by atoms with Gasteiger partial charge in [0.05, 0.1) is 5.56 Å². The zero-order valence-electron chi connectivity index (χ0n) is 15.1. The first kappa shape index (κ1) is 19.2. The molecule has 144 valence electrons. The Hall–Kier alpha value is -1.60. The van der Waals surface area contributed by atoms with Crippen LogP contribution in [0.3, 0.4) is 0 Å². The van der Waals surface area contributed by atoms with Crippen LogP contribution in [0.4, 0.5) is 13.2 Å². The number of benzene rings is 1. The van der Waals surface area contributed by atoms with Gasteiger partial charge in [0.25, 0.3) is 0 Å². The molecule has 0 bridgehead atoms. The summed E-state index contributed by atoms with van der Waals surface area (Å²) in [5, 5.41) is 3.34. The number of likely N-dealkylation sites (tertiary alicyclic amines) is 1. The van der Waals surface area contributed by atoms with E-state index in [0.29, 0.717) is 12.5 Å². The van der Waals surface area contributed by atoms with E-state index >= 15 is 0 Å². The fourth-order valence-corrected chi connectivity index (χ4v) is 3.87. The van der Waals surface area contributed by atoms with Gasteiger partial charge < -0.3 is 10.2 Å². The van der Waals surface area contributed by atoms with E-state index in [9.17, 15) is 18.0 Å². The maximum absolute atomic E-state index is 12.7. The predicted octanol–water partition coefficient (Wildman–Crippen LogP) is 2.39. The molecule has 2 aliphatic heterocycles. The minimum Gasteiger partial charge on any atom is -0.341 e. The first-order valence-electron chi connectivity index (χ1n) is 9.24. The third kappa shape index (κ3) is 4.57. The third-order valence-electron chi connectivity index (χ3n) is 5.39. The number of piperazine rings is 1. The molecule has 1 amide bonds. The van der Waals surface area contributed by atoms with Crippen LogP contribution in [0.15, 0.2) is 24.3 Å². The van der Waals surface area contributed by atoms with E-state index < -0.39 is 11.7 Å². The molecule has 1 N–H and O–H groups in total. The van der Waals surface area contributed by atoms with Gasteiger partial charge in [-0.05, 0) is 30.5 Å². The largest absolute Gasteiger partial charge is 0.416 e. The molecule has 26 heavy (non-hydrogen) atoms. The van der Waals surface area contributed by atoms with E-state index in [1.807, 2.05) is 11.8 Å². The minimum atomic E-state index is -4.32. The quantitative estimate of drug-likeness (QED) is 0.885. The van der Waals surface area contributed by atoms with Crippen molar-refractivity contribution >= 4 is 5.91 Å². The fraction of sp³-hybridized carbons (Fsp3) is 0.632. The number of nitrogens with zero attached hydrogens (tertiary/aromatic N) is 2. The summed E-state index contributed by atoms with van der Waals surface area (Å²) in [6.07, 6.45) is -2.86. The van der Waals surface area contributed by atoms with Crippen molar-refractivity contribution in [3.05, 3.63) is 35.4 Å². The molecular weight excluding hydrogens is 343 g/mol. The summed E-state index contributed by atoms with van der Waals surface area (Å²) in [6, 6.07) is 5.55. The van der Waals surface area contributed by atoms with E-state index in [-0.39, 0.29) is 11.8 Å². The monoisotopic (exact) mass is 369 g/mol. The standard InChI is InChI=1S/C19H26F3N3O/c1-14(12-15-2-4-16(5-3-15)19(20,21)22)18(26)25-9-6-17(13-25)24-10-7-23-8-11-24/h2-5,14,17,23H,6-13H2,1H3. The lowest BCUT2D eigenvalue weighted by Crippen LogP contribution is -2.49. The number of carbonyl (C=O) groups is 1. The SMILES string of the molecule is CC(Cc1ccc(C(F)(F)F)cc1)C(=O)N1CCC(N2CCNCC2)C1. The molecule has 0 aromatic heterocycles. The summed E-state index contributed by atoms with van der Waals surface area (Å²) >= 11 is 0. The van der Waals surface area contributed by atoms with Crippen LogP contribution in [0.5, 0.6) is 0 Å². The molecule has 2 fully saturated rings. The highest BCUT2D eigenvalue weighted by Crippen LogP contribution is 2.29. The van der Waals surface area contributed by atoms with E-state index in [2.05, 4.69) is 10.2 Å². The van der Waals surface area contributed by atoms with Crippen LogP contribution in [-0.2, 0) is 17.4 Å². The molecule has 2 saturated heterocycles. The normalized spacial score (nSPS) is 23.2. The predicted molar refractivity (Wildman–Crippen MR) is 93.7 cm³/mol. The molecule has 0 spiro atoms. The van der Waals surface area contributed by atoms with Crippen molar-refractivity contribution in [2.45, 2.75) is 32.0 Å². The molecule has 1 aromatic carbocycles. The minimum absolute atomic E-state index is 0.0996. The van der Waals surface area contributed by atoms with E-state index in [0.717, 1.165) is 63.4 Å². The number of alkyl halides is 3. The zero-order valence-corrected chi connectivity index (χ0v) is 15.1. The molecule has 4 nitrogen and oxygen atoms in total. The first-order chi connectivity index (χ1) is 12.3. The number of carbonyl (C=O) groups excluding carboxylic acids is 1. The lowest BCUT2D eigenvalue weighted by molar-refractivity contribution is -0.137. The summed E-state index contributed by atoms with van der Waals surface area (Å²) in [6.45, 7) is 7.42. The van der Waals surface area contributed by atoms with Gasteiger partial charge in [-0.15, -0.1) is 0 Å². The summed E-state index contributed by atoms with van der Waals surface area (Å²) in [5.41, 5.74) is 0.107. The van der Waals surface area contributed by atoms with Crippen LogP contribution < -0.4 is 5.32 Å². The molecular formula is C19H26F3N3O. The molecule has 3 rings (SSSR count). The fourth-order valence-electron chi connectivity index (χ4n) is 3.87. The Morgan fingerprint density at radius 2 is 1.85 bits per heavy atom. The Kier molecular flexibility index (Phi) is 5.87. The smallest absolute Gasteiger partial charge is 0.341 e. The van der Waals surface area contributed by atoms with Gasteiger partial charge in [0, 0.05) is 51.2 Å². The molecule has 2 heterocycles. The Bertz CT molecular complexity index is 611. The molecule has 2 atom stereocenters. The lowest BCUT2D eigenvalue weighted by Gasteiger charge is -2.32. The van der Waals surface area contributed by atoms with Crippen LogP contribution >= 0.6 is 0 Å². The van der Waals surface area contributed by atoms with Gasteiger partial charge in [0.1, 0.15) is 0 Å². The second kappa shape index (κ2) is 7.96. The van der Waals surface area contributed by atoms with E-state index in [1.54, 1.807) is 0 Å². The second-order valence-corrected chi connectivity index (χ2v) is 7.31. The molecule has 2 aliphatic rings. The van der Waals surface area contributed by atoms with Crippen molar-refractivity contribution in [2.24, 2.45) is 5.92 Å². The third-order valence-corrected chi connectivity index (χ3v) is 5.39. The lowest BCUT2D eigenvalue weighted by atomic mass is 9.99. The number of amides is 1. The van der Waals surface area contributed by atoms with Gasteiger partial charge >= 0.3 is 6.18 Å². The first-order valence-corrected chi connectivity index (χ1v) is 9.24. The number of halogens is 3. The van der Waals surface area contributed by atoms with Crippen molar-refractivity contribution in [1.82, 2.24) is 15.1 Å². The molecule has 0 radical (unpaired) electrons. The Balaban J connectivity index is 1.53. The van der Waals surface area contributed by atoms with Crippen LogP contribution in [0.1, 0.15) is 24.5 Å². The summed E-state index contributed by atoms with van der Waals surface area (Å²) in [4.78, 5) is 17.1. The Labute approximate surface area is 152 Å². The Morgan fingerprint density at radius 1 is 1.19 bits per heavy atom. The van der Waals surface area contributed by atoms with Gasteiger partial charge in [-0.1, -0.05) is 19.1 Å². The van der Waals surface area contributed by atoms with Crippen molar-refractivity contribution < 1.29 is 18.0 Å². The number of hydrogen-bond donors (Lipinski definition) is 1. The molecule has 2 unspecified atom stereocenters. The number of rotatable bonds is 4. The number of hydrogen-bond acceptors (Lipinski definition) is 3. The van der Waals surface area contributed by atoms with Crippen molar-refractivity contribution in [2.75, 3.05) is 39.3 Å². The maximum atomic E-state index is 12.7. The van der Waals surface area contributed by atoms with Crippen molar-refractivity contribution in [3.63, 3.8) is 0 Å². The molecule has 7 heteroatoms. The average Bonchev–Trinajstić information content (AvgIpc) is 3.11. The summed E-state index contributed by atoms with van der Waals surface area (Å²) in [5.74, 6) is -0.129. The van der Waals surface area contributed by atoms with Crippen LogP contribution in [0, 0.1) is 5.92 Å². The van der Waals surface area contributed by atoms with Gasteiger partial charge in [0.2, 0.25) is 5.91 Å². The Morgan fingerprint density at radius 3 is 2.46 bits per heavy atom. The average molecular weight is 369 g/mol. The summed E-state index contributed by atoms with van der Waals surface area (Å²) in [7, 11) is 0. The van der Waals surface area contributed by atoms with Gasteiger partial charge in [0.15, 0.2) is 0 Å². The number of nitrogens with one attached hydrogen (secondary N) is 1. The molecule has 1 aromatic rings. The van der Waals surface area contributed by atoms with Crippen LogP contribution in [-0.4, -0.2) is 61.0 Å². The van der Waals surface area contributed by atoms with Crippen molar-refractivity contribution in [1.29, 1.82) is 0 Å². The van der Waals surface area contributed by atoms with Crippen LogP contribution in [0.2, 0.25) is 0 Å². The van der Waals surface area contributed by atoms with Gasteiger partial charge in [-0.25, -0.2) is 0 Å². The van der Waals surface area contributed by atoms with E-state index in [1.165, 1.54) is 12.1 Å². The highest BCUT2D eigenvalue weighted by Gasteiger charge is 2.33. The topological polar surface area (TPSA) is 35.6 Å². The second-order valence-electron chi connectivity index (χ2n) is 7.31. The van der Waals surface area contributed by atoms with Crippen molar-refractivity contribution in [3.8, 4) is 0 Å². The van der Waals surface area contributed by atoms with Gasteiger partial charge in [-0.3, -0.25) is 9.69 Å². The zero-order chi connectivity index (χ0) is 18.7. The maximum Gasteiger partial charge on any atom is 0.416 e.